The van der Waals surface area contributed by atoms with Gasteiger partial charge in [-0.2, -0.15) is 0 Å². The molecule has 1 aliphatic rings. The van der Waals surface area contributed by atoms with Crippen LogP contribution in [0, 0.1) is 0 Å². The van der Waals surface area contributed by atoms with Crippen molar-refractivity contribution in [1.82, 2.24) is 4.98 Å². The van der Waals surface area contributed by atoms with Gasteiger partial charge in [-0.3, -0.25) is 0 Å². The molecule has 2 rings (SSSR count). The highest BCUT2D eigenvalue weighted by Crippen LogP contribution is 2.36. The van der Waals surface area contributed by atoms with Gasteiger partial charge >= 0.3 is 7.12 Å². The second kappa shape index (κ2) is 4.51. The third kappa shape index (κ3) is 2.29. The molecule has 0 saturated carbocycles. The van der Waals surface area contributed by atoms with Crippen molar-refractivity contribution in [1.29, 1.82) is 0 Å². The van der Waals surface area contributed by atoms with Crippen LogP contribution in [0.25, 0.3) is 0 Å². The highest BCUT2D eigenvalue weighted by molar-refractivity contribution is 9.10. The Morgan fingerprint density at radius 3 is 2.22 bits per heavy atom. The van der Waals surface area contributed by atoms with Gasteiger partial charge in [-0.15, -0.1) is 0 Å². The van der Waals surface area contributed by atoms with E-state index in [1.54, 1.807) is 13.2 Å². The molecule has 1 aliphatic heterocycles. The number of halogens is 1. The molecule has 1 fully saturated rings. The van der Waals surface area contributed by atoms with E-state index in [1.165, 1.54) is 0 Å². The minimum Gasteiger partial charge on any atom is -0.481 e. The van der Waals surface area contributed by atoms with E-state index in [9.17, 15) is 0 Å². The number of rotatable bonds is 2. The summed E-state index contributed by atoms with van der Waals surface area (Å²) >= 11 is 3.47. The molecule has 1 aromatic heterocycles. The minimum absolute atomic E-state index is 0.373. The van der Waals surface area contributed by atoms with Crippen molar-refractivity contribution in [2.45, 2.75) is 38.9 Å². The zero-order valence-electron chi connectivity index (χ0n) is 11.3. The van der Waals surface area contributed by atoms with E-state index < -0.39 is 7.12 Å². The van der Waals surface area contributed by atoms with Gasteiger partial charge < -0.3 is 14.0 Å². The van der Waals surface area contributed by atoms with Crippen molar-refractivity contribution in [3.05, 3.63) is 16.6 Å². The zero-order chi connectivity index (χ0) is 13.6. The van der Waals surface area contributed by atoms with Gasteiger partial charge in [0.05, 0.1) is 23.9 Å². The Balaban J connectivity index is 2.34. The number of pyridine rings is 1. The van der Waals surface area contributed by atoms with Crippen LogP contribution >= 0.6 is 15.9 Å². The van der Waals surface area contributed by atoms with Crippen LogP contribution in [0.15, 0.2) is 16.6 Å². The SMILES string of the molecule is COc1ccc(Br)c(B2OC(C)(C)C(C)(C)O2)n1. The van der Waals surface area contributed by atoms with Gasteiger partial charge in [0.1, 0.15) is 0 Å². The monoisotopic (exact) mass is 313 g/mol. The zero-order valence-corrected chi connectivity index (χ0v) is 12.9. The topological polar surface area (TPSA) is 40.6 Å². The molecule has 0 amide bonds. The van der Waals surface area contributed by atoms with Gasteiger partial charge in [0.25, 0.3) is 0 Å². The summed E-state index contributed by atoms with van der Waals surface area (Å²) in [4.78, 5) is 4.38. The van der Waals surface area contributed by atoms with Gasteiger partial charge in [0, 0.05) is 10.5 Å². The summed E-state index contributed by atoms with van der Waals surface area (Å²) in [6.45, 7) is 8.06. The highest BCUT2D eigenvalue weighted by atomic mass is 79.9. The van der Waals surface area contributed by atoms with Crippen molar-refractivity contribution in [3.8, 4) is 5.88 Å². The summed E-state index contributed by atoms with van der Waals surface area (Å²) < 4.78 is 17.9. The van der Waals surface area contributed by atoms with Crippen molar-refractivity contribution in [2.75, 3.05) is 7.11 Å². The van der Waals surface area contributed by atoms with Crippen LogP contribution in [0.5, 0.6) is 5.88 Å². The Kier molecular flexibility index (Phi) is 3.47. The van der Waals surface area contributed by atoms with Crippen LogP contribution in [0.1, 0.15) is 27.7 Å². The molecule has 0 aromatic carbocycles. The minimum atomic E-state index is -0.487. The standard InChI is InChI=1S/C12H17BBrNO3/c1-11(2)12(3,4)18-13(17-11)10-8(14)6-7-9(15-10)16-5/h6-7H,1-5H3. The van der Waals surface area contributed by atoms with Crippen molar-refractivity contribution < 1.29 is 14.0 Å². The first-order valence-corrected chi connectivity index (χ1v) is 6.62. The summed E-state index contributed by atoms with van der Waals surface area (Å²) in [7, 11) is 1.10. The smallest absolute Gasteiger partial charge is 0.481 e. The van der Waals surface area contributed by atoms with Gasteiger partial charge in [-0.05, 0) is 49.7 Å². The van der Waals surface area contributed by atoms with Crippen LogP contribution in [-0.2, 0) is 9.31 Å². The fraction of sp³-hybridized carbons (Fsp3) is 0.583. The van der Waals surface area contributed by atoms with E-state index >= 15 is 0 Å². The van der Waals surface area contributed by atoms with Crippen molar-refractivity contribution in [2.24, 2.45) is 0 Å². The lowest BCUT2D eigenvalue weighted by molar-refractivity contribution is 0.00578. The molecule has 1 aromatic rings. The molecule has 0 unspecified atom stereocenters. The summed E-state index contributed by atoms with van der Waals surface area (Å²) in [5.41, 5.74) is -0.0445. The van der Waals surface area contributed by atoms with Crippen LogP contribution in [0.2, 0.25) is 0 Å². The number of ether oxygens (including phenoxy) is 1. The molecule has 0 bridgehead atoms. The normalized spacial score (nSPS) is 21.1. The Hall–Kier alpha value is -0.585. The lowest BCUT2D eigenvalue weighted by Gasteiger charge is -2.32. The third-order valence-corrected chi connectivity index (χ3v) is 4.20. The maximum atomic E-state index is 5.96. The Bertz CT molecular complexity index is 449. The van der Waals surface area contributed by atoms with E-state index in [4.69, 9.17) is 14.0 Å². The second-order valence-electron chi connectivity index (χ2n) is 5.31. The maximum absolute atomic E-state index is 5.96. The number of hydrogen-bond acceptors (Lipinski definition) is 4. The second-order valence-corrected chi connectivity index (χ2v) is 6.16. The molecule has 2 heterocycles. The first-order valence-electron chi connectivity index (χ1n) is 5.83. The average molecular weight is 314 g/mol. The van der Waals surface area contributed by atoms with Crippen molar-refractivity contribution >= 4 is 28.6 Å². The number of aromatic nitrogens is 1. The largest absolute Gasteiger partial charge is 0.515 e. The first kappa shape index (κ1) is 13.8. The molecule has 0 atom stereocenters. The maximum Gasteiger partial charge on any atom is 0.515 e. The fourth-order valence-corrected chi connectivity index (χ4v) is 2.08. The third-order valence-electron chi connectivity index (χ3n) is 3.53. The molecule has 0 radical (unpaired) electrons. The number of nitrogens with zero attached hydrogens (tertiary/aromatic N) is 1. The molecule has 1 saturated heterocycles. The Morgan fingerprint density at radius 2 is 1.72 bits per heavy atom. The van der Waals surface area contributed by atoms with Crippen LogP contribution < -0.4 is 10.3 Å². The summed E-state index contributed by atoms with van der Waals surface area (Å²) in [5.74, 6) is 0.544. The average Bonchev–Trinajstić information content (AvgIpc) is 2.48. The molecule has 0 N–H and O–H groups in total. The highest BCUT2D eigenvalue weighted by Gasteiger charge is 2.52. The molecular formula is C12H17BBrNO3. The number of hydrogen-bond donors (Lipinski definition) is 0. The van der Waals surface area contributed by atoms with E-state index in [1.807, 2.05) is 33.8 Å². The van der Waals surface area contributed by atoms with Gasteiger partial charge in [-0.25, -0.2) is 4.98 Å². The van der Waals surface area contributed by atoms with E-state index in [2.05, 4.69) is 20.9 Å². The van der Waals surface area contributed by atoms with E-state index in [-0.39, 0.29) is 11.2 Å². The van der Waals surface area contributed by atoms with Crippen LogP contribution in [0.4, 0.5) is 0 Å². The molecule has 0 aliphatic carbocycles. The lowest BCUT2D eigenvalue weighted by atomic mass is 9.84. The molecule has 18 heavy (non-hydrogen) atoms. The molecular weight excluding hydrogens is 297 g/mol. The summed E-state index contributed by atoms with van der Waals surface area (Å²) in [5, 5.41) is 0. The Labute approximate surface area is 116 Å². The van der Waals surface area contributed by atoms with Gasteiger partial charge in [-0.1, -0.05) is 0 Å². The van der Waals surface area contributed by atoms with E-state index in [0.717, 1.165) is 4.47 Å². The molecule has 4 nitrogen and oxygen atoms in total. The summed E-state index contributed by atoms with van der Waals surface area (Å²) in [6, 6.07) is 3.67. The summed E-state index contributed by atoms with van der Waals surface area (Å²) in [6.07, 6.45) is 0. The van der Waals surface area contributed by atoms with Crippen LogP contribution in [-0.4, -0.2) is 30.4 Å². The first-order chi connectivity index (χ1) is 8.27. The van der Waals surface area contributed by atoms with E-state index in [0.29, 0.717) is 11.5 Å². The van der Waals surface area contributed by atoms with Crippen LogP contribution in [0.3, 0.4) is 0 Å². The molecule has 6 heteroatoms. The fourth-order valence-electron chi connectivity index (χ4n) is 1.67. The molecule has 98 valence electrons. The van der Waals surface area contributed by atoms with Crippen molar-refractivity contribution in [3.63, 3.8) is 0 Å². The predicted molar refractivity (Wildman–Crippen MR) is 74.2 cm³/mol. The quantitative estimate of drug-likeness (QED) is 0.785. The van der Waals surface area contributed by atoms with Gasteiger partial charge in [0.15, 0.2) is 0 Å². The predicted octanol–water partition coefficient (Wildman–Crippen LogP) is 2.15. The van der Waals surface area contributed by atoms with Gasteiger partial charge in [0.2, 0.25) is 5.88 Å². The molecule has 0 spiro atoms. The number of methoxy groups -OCH3 is 1. The lowest BCUT2D eigenvalue weighted by Crippen LogP contribution is -2.41. The Morgan fingerprint density at radius 1 is 1.17 bits per heavy atom.